The van der Waals surface area contributed by atoms with Crippen LogP contribution in [0.4, 0.5) is 0 Å². The fourth-order valence-corrected chi connectivity index (χ4v) is 2.54. The predicted octanol–water partition coefficient (Wildman–Crippen LogP) is 0.000700. The largest absolute Gasteiger partial charge is 0.380 e. The standard InChI is InChI=1S/C12H22N2O3/c1-9-11(13-5-7-17-9)12(15)14-6-3-4-10(8-14)16-2/h9-11,13H,3-8H2,1-2H3/t9-,10?,11+/m1/s1. The van der Waals surface area contributed by atoms with Gasteiger partial charge in [0.1, 0.15) is 6.04 Å². The van der Waals surface area contributed by atoms with Crippen molar-refractivity contribution < 1.29 is 14.3 Å². The number of nitrogens with one attached hydrogen (secondary N) is 1. The number of nitrogens with zero attached hydrogens (tertiary/aromatic N) is 1. The third kappa shape index (κ3) is 2.97. The number of piperidine rings is 1. The van der Waals surface area contributed by atoms with Crippen molar-refractivity contribution in [2.24, 2.45) is 0 Å². The van der Waals surface area contributed by atoms with Crippen molar-refractivity contribution in [3.63, 3.8) is 0 Å². The Kier molecular flexibility index (Phi) is 4.36. The lowest BCUT2D eigenvalue weighted by atomic mass is 10.0. The summed E-state index contributed by atoms with van der Waals surface area (Å²) in [5, 5.41) is 3.24. The molecular formula is C12H22N2O3. The predicted molar refractivity (Wildman–Crippen MR) is 63.8 cm³/mol. The molecule has 2 aliphatic rings. The van der Waals surface area contributed by atoms with Gasteiger partial charge in [-0.2, -0.15) is 0 Å². The number of morpholine rings is 1. The molecule has 0 radical (unpaired) electrons. The van der Waals surface area contributed by atoms with Crippen LogP contribution in [0.2, 0.25) is 0 Å². The van der Waals surface area contributed by atoms with Crippen LogP contribution in [0.3, 0.4) is 0 Å². The first-order valence-electron chi connectivity index (χ1n) is 6.39. The van der Waals surface area contributed by atoms with Gasteiger partial charge in [-0.1, -0.05) is 0 Å². The number of likely N-dealkylation sites (tertiary alicyclic amines) is 1. The first-order valence-corrected chi connectivity index (χ1v) is 6.39. The van der Waals surface area contributed by atoms with Gasteiger partial charge in [0, 0.05) is 26.7 Å². The number of carbonyl (C=O) groups excluding carboxylic acids is 1. The summed E-state index contributed by atoms with van der Waals surface area (Å²) in [5.74, 6) is 0.152. The molecule has 0 aromatic carbocycles. The van der Waals surface area contributed by atoms with Crippen molar-refractivity contribution in [1.29, 1.82) is 0 Å². The Bertz CT molecular complexity index is 272. The van der Waals surface area contributed by atoms with E-state index in [1.807, 2.05) is 11.8 Å². The van der Waals surface area contributed by atoms with E-state index in [0.29, 0.717) is 13.2 Å². The minimum Gasteiger partial charge on any atom is -0.380 e. The summed E-state index contributed by atoms with van der Waals surface area (Å²) in [5.41, 5.74) is 0. The third-order valence-corrected chi connectivity index (χ3v) is 3.61. The monoisotopic (exact) mass is 242 g/mol. The van der Waals surface area contributed by atoms with Gasteiger partial charge >= 0.3 is 0 Å². The van der Waals surface area contributed by atoms with E-state index in [9.17, 15) is 4.79 Å². The number of rotatable bonds is 2. The van der Waals surface area contributed by atoms with E-state index in [4.69, 9.17) is 9.47 Å². The topological polar surface area (TPSA) is 50.8 Å². The average molecular weight is 242 g/mol. The lowest BCUT2D eigenvalue weighted by Gasteiger charge is -2.37. The van der Waals surface area contributed by atoms with Crippen LogP contribution in [0.25, 0.3) is 0 Å². The molecular weight excluding hydrogens is 220 g/mol. The molecule has 1 unspecified atom stereocenters. The summed E-state index contributed by atoms with van der Waals surface area (Å²) < 4.78 is 10.9. The molecule has 1 amide bonds. The van der Waals surface area contributed by atoms with Crippen LogP contribution in [-0.4, -0.2) is 62.4 Å². The fourth-order valence-electron chi connectivity index (χ4n) is 2.54. The van der Waals surface area contributed by atoms with Crippen molar-refractivity contribution in [2.45, 2.75) is 38.0 Å². The van der Waals surface area contributed by atoms with Crippen LogP contribution in [0, 0.1) is 0 Å². The molecule has 0 bridgehead atoms. The van der Waals surface area contributed by atoms with Gasteiger partial charge in [-0.15, -0.1) is 0 Å². The van der Waals surface area contributed by atoms with Crippen LogP contribution in [0.1, 0.15) is 19.8 Å². The van der Waals surface area contributed by atoms with E-state index in [1.165, 1.54) is 0 Å². The minimum absolute atomic E-state index is 0.0424. The van der Waals surface area contributed by atoms with E-state index < -0.39 is 0 Å². The molecule has 0 aromatic rings. The van der Waals surface area contributed by atoms with E-state index in [2.05, 4.69) is 5.32 Å². The summed E-state index contributed by atoms with van der Waals surface area (Å²) in [6, 6.07) is -0.195. The molecule has 3 atom stereocenters. The highest BCUT2D eigenvalue weighted by Crippen LogP contribution is 2.15. The van der Waals surface area contributed by atoms with Crippen molar-refractivity contribution in [2.75, 3.05) is 33.4 Å². The highest BCUT2D eigenvalue weighted by Gasteiger charge is 2.33. The highest BCUT2D eigenvalue weighted by molar-refractivity contribution is 5.82. The maximum atomic E-state index is 12.4. The molecule has 0 aromatic heterocycles. The Morgan fingerprint density at radius 3 is 3.06 bits per heavy atom. The van der Waals surface area contributed by atoms with Crippen molar-refractivity contribution in [3.05, 3.63) is 0 Å². The second-order valence-electron chi connectivity index (χ2n) is 4.79. The molecule has 2 heterocycles. The molecule has 0 saturated carbocycles. The van der Waals surface area contributed by atoms with E-state index >= 15 is 0 Å². The number of methoxy groups -OCH3 is 1. The van der Waals surface area contributed by atoms with Crippen molar-refractivity contribution >= 4 is 5.91 Å². The molecule has 0 aliphatic carbocycles. The number of carbonyl (C=O) groups is 1. The Labute approximate surface area is 102 Å². The second-order valence-corrected chi connectivity index (χ2v) is 4.79. The highest BCUT2D eigenvalue weighted by atomic mass is 16.5. The van der Waals surface area contributed by atoms with E-state index in [0.717, 1.165) is 25.9 Å². The first kappa shape index (κ1) is 12.8. The van der Waals surface area contributed by atoms with Gasteiger partial charge in [0.2, 0.25) is 5.91 Å². The number of hydrogen-bond acceptors (Lipinski definition) is 4. The minimum atomic E-state index is -0.195. The van der Waals surface area contributed by atoms with Crippen molar-refractivity contribution in [3.8, 4) is 0 Å². The summed E-state index contributed by atoms with van der Waals surface area (Å²) in [6.45, 7) is 4.93. The Hall–Kier alpha value is -0.650. The maximum absolute atomic E-state index is 12.4. The van der Waals surface area contributed by atoms with Crippen LogP contribution in [0.5, 0.6) is 0 Å². The number of hydrogen-bond donors (Lipinski definition) is 1. The van der Waals surface area contributed by atoms with Crippen LogP contribution < -0.4 is 5.32 Å². The molecule has 17 heavy (non-hydrogen) atoms. The molecule has 98 valence electrons. The number of amides is 1. The summed E-state index contributed by atoms with van der Waals surface area (Å²) in [6.07, 6.45) is 2.21. The van der Waals surface area contributed by atoms with Gasteiger partial charge < -0.3 is 19.7 Å². The van der Waals surface area contributed by atoms with Gasteiger partial charge in [0.05, 0.1) is 18.8 Å². The molecule has 2 rings (SSSR count). The zero-order valence-electron chi connectivity index (χ0n) is 10.6. The molecule has 2 saturated heterocycles. The van der Waals surface area contributed by atoms with Gasteiger partial charge in [0.25, 0.3) is 0 Å². The normalized spacial score (nSPS) is 34.7. The molecule has 2 fully saturated rings. The zero-order chi connectivity index (χ0) is 12.3. The maximum Gasteiger partial charge on any atom is 0.242 e. The number of ether oxygens (including phenoxy) is 2. The van der Waals surface area contributed by atoms with Gasteiger partial charge in [-0.05, 0) is 19.8 Å². The molecule has 5 nitrogen and oxygen atoms in total. The first-order chi connectivity index (χ1) is 8.22. The third-order valence-electron chi connectivity index (χ3n) is 3.61. The summed E-state index contributed by atoms with van der Waals surface area (Å²) in [4.78, 5) is 14.3. The Morgan fingerprint density at radius 1 is 1.53 bits per heavy atom. The molecule has 2 aliphatic heterocycles. The lowest BCUT2D eigenvalue weighted by molar-refractivity contribution is -0.143. The second kappa shape index (κ2) is 5.80. The van der Waals surface area contributed by atoms with Gasteiger partial charge in [0.15, 0.2) is 0 Å². The van der Waals surface area contributed by atoms with Crippen LogP contribution >= 0.6 is 0 Å². The summed E-state index contributed by atoms with van der Waals surface area (Å²) in [7, 11) is 1.71. The quantitative estimate of drug-likeness (QED) is 0.740. The van der Waals surface area contributed by atoms with Gasteiger partial charge in [-0.25, -0.2) is 0 Å². The van der Waals surface area contributed by atoms with E-state index in [1.54, 1.807) is 7.11 Å². The Morgan fingerprint density at radius 2 is 2.35 bits per heavy atom. The fraction of sp³-hybridized carbons (Fsp3) is 0.917. The molecule has 0 spiro atoms. The summed E-state index contributed by atoms with van der Waals surface area (Å²) >= 11 is 0. The van der Waals surface area contributed by atoms with E-state index in [-0.39, 0.29) is 24.2 Å². The SMILES string of the molecule is COC1CCCN(C(=O)[C@H]2NCCO[C@@H]2C)C1. The molecule has 5 heteroatoms. The van der Waals surface area contributed by atoms with Crippen LogP contribution in [0.15, 0.2) is 0 Å². The van der Waals surface area contributed by atoms with Crippen molar-refractivity contribution in [1.82, 2.24) is 10.2 Å². The average Bonchev–Trinajstić information content (AvgIpc) is 2.38. The van der Waals surface area contributed by atoms with Crippen LogP contribution in [-0.2, 0) is 14.3 Å². The molecule has 1 N–H and O–H groups in total. The van der Waals surface area contributed by atoms with Gasteiger partial charge in [-0.3, -0.25) is 4.79 Å². The smallest absolute Gasteiger partial charge is 0.242 e. The Balaban J connectivity index is 1.93. The zero-order valence-corrected chi connectivity index (χ0v) is 10.6. The lowest BCUT2D eigenvalue weighted by Crippen LogP contribution is -2.58.